The number of hydrogen-bond donors (Lipinski definition) is 2. The fourth-order valence-corrected chi connectivity index (χ4v) is 2.72. The van der Waals surface area contributed by atoms with Crippen LogP contribution in [0.25, 0.3) is 6.08 Å². The van der Waals surface area contributed by atoms with Crippen LogP contribution in [0.3, 0.4) is 0 Å². The molecule has 0 atom stereocenters. The Morgan fingerprint density at radius 3 is 2.36 bits per heavy atom. The molecule has 8 heteroatoms. The Morgan fingerprint density at radius 2 is 1.79 bits per heavy atom. The van der Waals surface area contributed by atoms with Crippen LogP contribution in [0.5, 0.6) is 5.75 Å². The van der Waals surface area contributed by atoms with Crippen LogP contribution < -0.4 is 15.4 Å². The third-order valence-corrected chi connectivity index (χ3v) is 3.86. The van der Waals surface area contributed by atoms with Crippen molar-refractivity contribution in [1.29, 1.82) is 5.26 Å². The summed E-state index contributed by atoms with van der Waals surface area (Å²) in [6.45, 7) is 2.27. The number of nitrogens with one attached hydrogen (secondary N) is 2. The minimum absolute atomic E-state index is 0.0862. The van der Waals surface area contributed by atoms with Gasteiger partial charge >= 0.3 is 0 Å². The van der Waals surface area contributed by atoms with Gasteiger partial charge in [0.15, 0.2) is 6.61 Å². The summed E-state index contributed by atoms with van der Waals surface area (Å²) in [6.07, 6.45) is 1.44. The van der Waals surface area contributed by atoms with Gasteiger partial charge in [0.1, 0.15) is 17.4 Å². The third kappa shape index (κ3) is 6.62. The van der Waals surface area contributed by atoms with Gasteiger partial charge in [0.05, 0.1) is 0 Å². The highest BCUT2D eigenvalue weighted by molar-refractivity contribution is 6.35. The number of hydrogen-bond acceptors (Lipinski definition) is 4. The maximum Gasteiger partial charge on any atom is 0.266 e. The average Bonchev–Trinajstić information content (AvgIpc) is 2.64. The van der Waals surface area contributed by atoms with E-state index in [-0.39, 0.29) is 18.1 Å². The summed E-state index contributed by atoms with van der Waals surface area (Å²) in [7, 11) is 0. The zero-order valence-electron chi connectivity index (χ0n) is 15.0. The lowest BCUT2D eigenvalue weighted by atomic mass is 10.1. The van der Waals surface area contributed by atoms with Crippen molar-refractivity contribution in [2.24, 2.45) is 0 Å². The molecule has 2 aromatic rings. The van der Waals surface area contributed by atoms with Crippen molar-refractivity contribution in [3.8, 4) is 11.8 Å². The number of rotatable bonds is 7. The molecule has 6 nitrogen and oxygen atoms in total. The van der Waals surface area contributed by atoms with Crippen molar-refractivity contribution in [3.63, 3.8) is 0 Å². The molecule has 0 saturated carbocycles. The van der Waals surface area contributed by atoms with Crippen LogP contribution in [0.2, 0.25) is 10.0 Å². The first-order chi connectivity index (χ1) is 13.4. The lowest BCUT2D eigenvalue weighted by Crippen LogP contribution is -2.28. The number of amides is 2. The van der Waals surface area contributed by atoms with Crippen LogP contribution in [0.4, 0.5) is 5.69 Å². The van der Waals surface area contributed by atoms with Gasteiger partial charge in [-0.3, -0.25) is 9.59 Å². The van der Waals surface area contributed by atoms with E-state index in [0.717, 1.165) is 0 Å². The van der Waals surface area contributed by atoms with E-state index in [1.807, 2.05) is 13.0 Å². The summed E-state index contributed by atoms with van der Waals surface area (Å²) in [6, 6.07) is 13.1. The predicted molar refractivity (Wildman–Crippen MR) is 109 cm³/mol. The van der Waals surface area contributed by atoms with E-state index in [2.05, 4.69) is 10.6 Å². The molecule has 28 heavy (non-hydrogen) atoms. The van der Waals surface area contributed by atoms with E-state index < -0.39 is 5.91 Å². The molecule has 0 bridgehead atoms. The highest BCUT2D eigenvalue weighted by Crippen LogP contribution is 2.23. The highest BCUT2D eigenvalue weighted by Gasteiger charge is 2.11. The summed E-state index contributed by atoms with van der Waals surface area (Å²) in [5.74, 6) is -0.298. The van der Waals surface area contributed by atoms with Crippen LogP contribution in [0.15, 0.2) is 48.0 Å². The van der Waals surface area contributed by atoms with E-state index in [1.54, 1.807) is 24.3 Å². The van der Waals surface area contributed by atoms with E-state index in [0.29, 0.717) is 33.6 Å². The van der Waals surface area contributed by atoms with Crippen molar-refractivity contribution in [2.45, 2.75) is 6.92 Å². The number of carbonyl (C=O) groups is 2. The van der Waals surface area contributed by atoms with Crippen molar-refractivity contribution in [2.75, 3.05) is 18.5 Å². The number of nitriles is 1. The first-order valence-electron chi connectivity index (χ1n) is 8.30. The molecule has 2 aromatic carbocycles. The van der Waals surface area contributed by atoms with E-state index >= 15 is 0 Å². The van der Waals surface area contributed by atoms with E-state index in [4.69, 9.17) is 27.9 Å². The van der Waals surface area contributed by atoms with Gasteiger partial charge in [-0.2, -0.15) is 5.26 Å². The second-order valence-corrected chi connectivity index (χ2v) is 6.47. The first-order valence-corrected chi connectivity index (χ1v) is 9.05. The predicted octanol–water partition coefficient (Wildman–Crippen LogP) is 4.05. The minimum Gasteiger partial charge on any atom is -0.484 e. The molecule has 0 spiro atoms. The number of anilines is 1. The van der Waals surface area contributed by atoms with E-state index in [9.17, 15) is 14.9 Å². The van der Waals surface area contributed by atoms with E-state index in [1.165, 1.54) is 24.3 Å². The summed E-state index contributed by atoms with van der Waals surface area (Å²) in [5, 5.41) is 15.2. The summed E-state index contributed by atoms with van der Waals surface area (Å²) >= 11 is 11.8. The molecule has 2 amide bonds. The zero-order valence-corrected chi connectivity index (χ0v) is 16.5. The summed E-state index contributed by atoms with van der Waals surface area (Å²) in [4.78, 5) is 23.7. The van der Waals surface area contributed by atoms with Gasteiger partial charge in [0, 0.05) is 22.3 Å². The number of likely N-dealkylation sites (N-methyl/N-ethyl adjacent to an activating group) is 1. The topological polar surface area (TPSA) is 91.2 Å². The van der Waals surface area contributed by atoms with Gasteiger partial charge in [-0.25, -0.2) is 0 Å². The molecule has 0 fully saturated rings. The third-order valence-electron chi connectivity index (χ3n) is 3.42. The highest BCUT2D eigenvalue weighted by atomic mass is 35.5. The largest absolute Gasteiger partial charge is 0.484 e. The van der Waals surface area contributed by atoms with Crippen LogP contribution in [-0.4, -0.2) is 25.0 Å². The Labute approximate surface area is 172 Å². The Balaban J connectivity index is 2.05. The molecule has 0 aromatic heterocycles. The molecule has 144 valence electrons. The SMILES string of the molecule is CCNC(=O)COc1ccc(/C=C(\C#N)C(=O)Nc2cc(Cl)cc(Cl)c2)cc1. The number of carbonyl (C=O) groups excluding carboxylic acids is 2. The van der Waals surface area contributed by atoms with Gasteiger partial charge in [0.25, 0.3) is 11.8 Å². The Morgan fingerprint density at radius 1 is 1.14 bits per heavy atom. The smallest absolute Gasteiger partial charge is 0.266 e. The number of nitrogens with zero attached hydrogens (tertiary/aromatic N) is 1. The maximum absolute atomic E-state index is 12.3. The maximum atomic E-state index is 12.3. The monoisotopic (exact) mass is 417 g/mol. The molecule has 0 radical (unpaired) electrons. The summed E-state index contributed by atoms with van der Waals surface area (Å²) < 4.78 is 5.35. The molecule has 0 saturated heterocycles. The molecule has 0 heterocycles. The minimum atomic E-state index is -0.586. The molecule has 2 N–H and O–H groups in total. The van der Waals surface area contributed by atoms with Gasteiger partial charge in [-0.05, 0) is 48.9 Å². The molecular weight excluding hydrogens is 401 g/mol. The van der Waals surface area contributed by atoms with Gasteiger partial charge < -0.3 is 15.4 Å². The Hall–Kier alpha value is -3.01. The molecular formula is C20H17Cl2N3O3. The lowest BCUT2D eigenvalue weighted by molar-refractivity contribution is -0.123. The lowest BCUT2D eigenvalue weighted by Gasteiger charge is -2.07. The van der Waals surface area contributed by atoms with Gasteiger partial charge in [0.2, 0.25) is 0 Å². The van der Waals surface area contributed by atoms with Crippen molar-refractivity contribution < 1.29 is 14.3 Å². The van der Waals surface area contributed by atoms with Crippen molar-refractivity contribution >= 4 is 46.8 Å². The summed E-state index contributed by atoms with van der Waals surface area (Å²) in [5.41, 5.74) is 0.922. The molecule has 0 aliphatic rings. The van der Waals surface area contributed by atoms with Crippen LogP contribution >= 0.6 is 23.2 Å². The molecule has 0 unspecified atom stereocenters. The number of benzene rings is 2. The zero-order chi connectivity index (χ0) is 20.5. The van der Waals surface area contributed by atoms with Crippen LogP contribution in [0, 0.1) is 11.3 Å². The van der Waals surface area contributed by atoms with Crippen LogP contribution in [0.1, 0.15) is 12.5 Å². The number of ether oxygens (including phenoxy) is 1. The van der Waals surface area contributed by atoms with Crippen molar-refractivity contribution in [3.05, 3.63) is 63.6 Å². The number of halogens is 2. The second kappa shape index (κ2) is 10.4. The standard InChI is InChI=1S/C20H17Cl2N3O3/c1-2-24-19(26)12-28-18-5-3-13(4-6-18)7-14(11-23)20(27)25-17-9-15(21)8-16(22)10-17/h3-10H,2,12H2,1H3,(H,24,26)(H,25,27)/b14-7+. The normalized spacial score (nSPS) is 10.7. The van der Waals surface area contributed by atoms with Crippen molar-refractivity contribution in [1.82, 2.24) is 5.32 Å². The van der Waals surface area contributed by atoms with Gasteiger partial charge in [-0.1, -0.05) is 35.3 Å². The molecule has 0 aliphatic heterocycles. The second-order valence-electron chi connectivity index (χ2n) is 5.59. The Kier molecular flexibility index (Phi) is 7.88. The Bertz CT molecular complexity index is 914. The van der Waals surface area contributed by atoms with Crippen LogP contribution in [-0.2, 0) is 9.59 Å². The first kappa shape index (κ1) is 21.3. The quantitative estimate of drug-likeness (QED) is 0.524. The molecule has 0 aliphatic carbocycles. The fraction of sp³-hybridized carbons (Fsp3) is 0.150. The molecule has 2 rings (SSSR count). The van der Waals surface area contributed by atoms with Gasteiger partial charge in [-0.15, -0.1) is 0 Å². The fourth-order valence-electron chi connectivity index (χ4n) is 2.20. The average molecular weight is 418 g/mol.